The molecule has 0 aliphatic heterocycles. The molecule has 0 aliphatic carbocycles. The summed E-state index contributed by atoms with van der Waals surface area (Å²) in [6.45, 7) is 18.4. The number of unbranched alkanes of at least 4 members (excludes halogenated alkanes) is 5. The van der Waals surface area contributed by atoms with Crippen molar-refractivity contribution in [1.82, 2.24) is 4.90 Å². The standard InChI is InChI=1S/C24H45N/c1-6-9-10-13-17-24(5)18-14-11-12-15-21-25(20-8-3)22-19-23(4)16-7-2/h6-7,17,23H,1-2,8-16,18-22H2,3-5H3/b24-17+. The van der Waals surface area contributed by atoms with Crippen molar-refractivity contribution in [2.45, 2.75) is 91.4 Å². The summed E-state index contributed by atoms with van der Waals surface area (Å²) in [5.74, 6) is 0.776. The Balaban J connectivity index is 3.73. The fourth-order valence-corrected chi connectivity index (χ4v) is 3.26. The summed E-state index contributed by atoms with van der Waals surface area (Å²) < 4.78 is 0. The Bertz CT molecular complexity index is 342. The van der Waals surface area contributed by atoms with Crippen LogP contribution in [0.15, 0.2) is 37.0 Å². The van der Waals surface area contributed by atoms with E-state index >= 15 is 0 Å². The van der Waals surface area contributed by atoms with Crippen molar-refractivity contribution in [3.05, 3.63) is 37.0 Å². The molecule has 0 rings (SSSR count). The highest BCUT2D eigenvalue weighted by Crippen LogP contribution is 2.13. The van der Waals surface area contributed by atoms with Crippen LogP contribution in [0.25, 0.3) is 0 Å². The van der Waals surface area contributed by atoms with Gasteiger partial charge in [-0.1, -0.05) is 50.5 Å². The van der Waals surface area contributed by atoms with Crippen LogP contribution in [0.3, 0.4) is 0 Å². The first-order valence-electron chi connectivity index (χ1n) is 10.7. The van der Waals surface area contributed by atoms with Crippen LogP contribution in [0.2, 0.25) is 0 Å². The van der Waals surface area contributed by atoms with Crippen LogP contribution < -0.4 is 0 Å². The zero-order valence-electron chi connectivity index (χ0n) is 17.6. The highest BCUT2D eigenvalue weighted by Gasteiger charge is 2.06. The molecule has 1 atom stereocenters. The predicted molar refractivity (Wildman–Crippen MR) is 116 cm³/mol. The lowest BCUT2D eigenvalue weighted by Crippen LogP contribution is -2.28. The monoisotopic (exact) mass is 347 g/mol. The molecular formula is C24H45N. The molecule has 0 aromatic heterocycles. The van der Waals surface area contributed by atoms with Crippen molar-refractivity contribution in [2.24, 2.45) is 5.92 Å². The Kier molecular flexibility index (Phi) is 17.4. The van der Waals surface area contributed by atoms with Crippen LogP contribution in [-0.2, 0) is 0 Å². The summed E-state index contributed by atoms with van der Waals surface area (Å²) >= 11 is 0. The Labute approximate surface area is 159 Å². The maximum absolute atomic E-state index is 3.86. The van der Waals surface area contributed by atoms with Gasteiger partial charge in [-0.05, 0) is 90.3 Å². The second kappa shape index (κ2) is 18.0. The SMILES string of the molecule is C=CCCC/C=C(\C)CCCCCCN(CCC)CCC(C)CC=C. The van der Waals surface area contributed by atoms with Crippen molar-refractivity contribution in [3.63, 3.8) is 0 Å². The minimum Gasteiger partial charge on any atom is -0.303 e. The third kappa shape index (κ3) is 16.4. The maximum Gasteiger partial charge on any atom is -0.00161 e. The lowest BCUT2D eigenvalue weighted by molar-refractivity contribution is 0.249. The molecule has 1 nitrogen and oxygen atoms in total. The van der Waals surface area contributed by atoms with Gasteiger partial charge in [-0.25, -0.2) is 0 Å². The number of nitrogens with zero attached hydrogens (tertiary/aromatic N) is 1. The zero-order chi connectivity index (χ0) is 18.8. The molecule has 1 unspecified atom stereocenters. The van der Waals surface area contributed by atoms with E-state index in [-0.39, 0.29) is 0 Å². The van der Waals surface area contributed by atoms with E-state index in [1.165, 1.54) is 77.4 Å². The van der Waals surface area contributed by atoms with Crippen LogP contribution in [0.5, 0.6) is 0 Å². The van der Waals surface area contributed by atoms with E-state index in [1.54, 1.807) is 5.57 Å². The highest BCUT2D eigenvalue weighted by atomic mass is 15.1. The molecule has 25 heavy (non-hydrogen) atoms. The predicted octanol–water partition coefficient (Wildman–Crippen LogP) is 7.55. The first-order valence-corrected chi connectivity index (χ1v) is 10.7. The van der Waals surface area contributed by atoms with E-state index in [9.17, 15) is 0 Å². The number of rotatable bonds is 18. The van der Waals surface area contributed by atoms with Crippen LogP contribution >= 0.6 is 0 Å². The molecule has 0 saturated carbocycles. The van der Waals surface area contributed by atoms with Gasteiger partial charge in [-0.3, -0.25) is 0 Å². The Morgan fingerprint density at radius 2 is 1.68 bits per heavy atom. The third-order valence-corrected chi connectivity index (χ3v) is 4.95. The minimum atomic E-state index is 0.776. The van der Waals surface area contributed by atoms with Gasteiger partial charge in [0, 0.05) is 0 Å². The lowest BCUT2D eigenvalue weighted by atomic mass is 10.0. The summed E-state index contributed by atoms with van der Waals surface area (Å²) in [6.07, 6.45) is 20.6. The minimum absolute atomic E-state index is 0.776. The molecule has 0 aromatic rings. The molecule has 0 saturated heterocycles. The van der Waals surface area contributed by atoms with Crippen molar-refractivity contribution >= 4 is 0 Å². The average molecular weight is 348 g/mol. The van der Waals surface area contributed by atoms with Gasteiger partial charge in [0.1, 0.15) is 0 Å². The van der Waals surface area contributed by atoms with Gasteiger partial charge < -0.3 is 4.90 Å². The van der Waals surface area contributed by atoms with E-state index in [0.717, 1.165) is 18.8 Å². The van der Waals surface area contributed by atoms with Crippen LogP contribution in [0.4, 0.5) is 0 Å². The highest BCUT2D eigenvalue weighted by molar-refractivity contribution is 4.97. The van der Waals surface area contributed by atoms with Gasteiger partial charge >= 0.3 is 0 Å². The van der Waals surface area contributed by atoms with Crippen molar-refractivity contribution in [3.8, 4) is 0 Å². The summed E-state index contributed by atoms with van der Waals surface area (Å²) in [7, 11) is 0. The maximum atomic E-state index is 3.86. The van der Waals surface area contributed by atoms with Crippen LogP contribution in [-0.4, -0.2) is 24.5 Å². The number of hydrogen-bond donors (Lipinski definition) is 0. The smallest absolute Gasteiger partial charge is 0.00161 e. The lowest BCUT2D eigenvalue weighted by Gasteiger charge is -2.23. The fraction of sp³-hybridized carbons (Fsp3) is 0.750. The van der Waals surface area contributed by atoms with E-state index in [2.05, 4.69) is 51.0 Å². The molecule has 0 fully saturated rings. The molecule has 0 bridgehead atoms. The quantitative estimate of drug-likeness (QED) is 0.183. The first kappa shape index (κ1) is 24.2. The molecule has 0 aliphatic rings. The van der Waals surface area contributed by atoms with E-state index in [4.69, 9.17) is 0 Å². The molecule has 1 heteroatoms. The summed E-state index contributed by atoms with van der Waals surface area (Å²) in [5, 5.41) is 0. The molecule has 0 aromatic carbocycles. The molecule has 146 valence electrons. The molecule has 0 radical (unpaired) electrons. The number of hydrogen-bond acceptors (Lipinski definition) is 1. The van der Waals surface area contributed by atoms with Crippen molar-refractivity contribution in [2.75, 3.05) is 19.6 Å². The molecule has 0 spiro atoms. The zero-order valence-corrected chi connectivity index (χ0v) is 17.6. The Hall–Kier alpha value is -0.820. The van der Waals surface area contributed by atoms with Gasteiger partial charge in [0.15, 0.2) is 0 Å². The topological polar surface area (TPSA) is 3.24 Å². The van der Waals surface area contributed by atoms with Gasteiger partial charge in [0.2, 0.25) is 0 Å². The molecule has 0 N–H and O–H groups in total. The van der Waals surface area contributed by atoms with Crippen LogP contribution in [0.1, 0.15) is 91.4 Å². The van der Waals surface area contributed by atoms with Crippen molar-refractivity contribution < 1.29 is 0 Å². The second-order valence-corrected chi connectivity index (χ2v) is 7.69. The van der Waals surface area contributed by atoms with Gasteiger partial charge in [-0.15, -0.1) is 13.2 Å². The number of allylic oxidation sites excluding steroid dienone is 4. The fourth-order valence-electron chi connectivity index (χ4n) is 3.26. The largest absolute Gasteiger partial charge is 0.303 e. The van der Waals surface area contributed by atoms with Gasteiger partial charge in [-0.2, -0.15) is 0 Å². The first-order chi connectivity index (χ1) is 12.1. The normalized spacial score (nSPS) is 13.2. The van der Waals surface area contributed by atoms with Gasteiger partial charge in [0.05, 0.1) is 0 Å². The Morgan fingerprint density at radius 1 is 0.920 bits per heavy atom. The Morgan fingerprint density at radius 3 is 2.36 bits per heavy atom. The second-order valence-electron chi connectivity index (χ2n) is 7.69. The van der Waals surface area contributed by atoms with Crippen LogP contribution in [0, 0.1) is 5.92 Å². The summed E-state index contributed by atoms with van der Waals surface area (Å²) in [6, 6.07) is 0. The summed E-state index contributed by atoms with van der Waals surface area (Å²) in [4.78, 5) is 2.67. The van der Waals surface area contributed by atoms with E-state index < -0.39 is 0 Å². The van der Waals surface area contributed by atoms with Gasteiger partial charge in [0.25, 0.3) is 0 Å². The van der Waals surface area contributed by atoms with E-state index in [0.29, 0.717) is 0 Å². The third-order valence-electron chi connectivity index (χ3n) is 4.95. The molecular weight excluding hydrogens is 302 g/mol. The van der Waals surface area contributed by atoms with Crippen molar-refractivity contribution in [1.29, 1.82) is 0 Å². The average Bonchev–Trinajstić information content (AvgIpc) is 2.59. The summed E-state index contributed by atoms with van der Waals surface area (Å²) in [5.41, 5.74) is 1.58. The van der Waals surface area contributed by atoms with E-state index in [1.807, 2.05) is 6.08 Å². The molecule has 0 amide bonds. The molecule has 0 heterocycles.